The molecule has 2 aromatic carbocycles. The Morgan fingerprint density at radius 2 is 1.91 bits per heavy atom. The molecule has 1 unspecified atom stereocenters. The first kappa shape index (κ1) is 27.6. The van der Waals surface area contributed by atoms with Crippen LogP contribution >= 0.6 is 23.4 Å². The first-order valence-corrected chi connectivity index (χ1v) is 16.6. The van der Waals surface area contributed by atoms with Gasteiger partial charge in [0, 0.05) is 35.3 Å². The smallest absolute Gasteiger partial charge is 0.192 e. The van der Waals surface area contributed by atoms with E-state index in [-0.39, 0.29) is 17.2 Å². The monoisotopic (exact) mass is 520 g/mol. The van der Waals surface area contributed by atoms with Crippen LogP contribution in [0.3, 0.4) is 0 Å². The van der Waals surface area contributed by atoms with Crippen molar-refractivity contribution < 1.29 is 9.16 Å². The zero-order valence-corrected chi connectivity index (χ0v) is 24.1. The highest BCUT2D eigenvalue weighted by Crippen LogP contribution is 2.39. The van der Waals surface area contributed by atoms with E-state index in [1.807, 2.05) is 30.0 Å². The summed E-state index contributed by atoms with van der Waals surface area (Å²) in [6.45, 7) is 16.0. The molecular weight excluding hydrogens is 480 g/mol. The summed E-state index contributed by atoms with van der Waals surface area (Å²) in [4.78, 5) is 0. The molecule has 1 aliphatic heterocycles. The van der Waals surface area contributed by atoms with E-state index in [1.165, 1.54) is 5.56 Å². The molecule has 34 heavy (non-hydrogen) atoms. The Hall–Kier alpha value is -1.02. The molecule has 2 aromatic rings. The predicted octanol–water partition coefficient (Wildman–Crippen LogP) is 6.67. The van der Waals surface area contributed by atoms with E-state index in [4.69, 9.17) is 20.8 Å². The second-order valence-electron chi connectivity index (χ2n) is 10.8. The highest BCUT2D eigenvalue weighted by molar-refractivity contribution is 8.00. The van der Waals surface area contributed by atoms with Gasteiger partial charge < -0.3 is 19.8 Å². The van der Waals surface area contributed by atoms with Gasteiger partial charge in [-0.15, -0.1) is 11.8 Å². The maximum Gasteiger partial charge on any atom is 0.192 e. The summed E-state index contributed by atoms with van der Waals surface area (Å²) in [6, 6.07) is 16.8. The van der Waals surface area contributed by atoms with Gasteiger partial charge in [-0.1, -0.05) is 56.6 Å². The lowest BCUT2D eigenvalue weighted by molar-refractivity contribution is 0.169. The molecule has 1 heterocycles. The fraction of sp³-hybridized carbons (Fsp3) is 0.556. The summed E-state index contributed by atoms with van der Waals surface area (Å²) in [6.07, 6.45) is 1.05. The van der Waals surface area contributed by atoms with Crippen LogP contribution in [0.25, 0.3) is 0 Å². The van der Waals surface area contributed by atoms with Crippen LogP contribution in [0.2, 0.25) is 23.2 Å². The Kier molecular flexibility index (Phi) is 9.96. The SMILES string of the molecule is C[C@H](COc1ccc(CC2CNCS2)cc1)NC[C@H](O[Si](C)(C)C(C)(C)C)c1cccc(Cl)c1. The molecule has 7 heteroatoms. The van der Waals surface area contributed by atoms with E-state index in [2.05, 4.69) is 81.8 Å². The molecule has 0 radical (unpaired) electrons. The second-order valence-corrected chi connectivity index (χ2v) is 17.3. The minimum Gasteiger partial charge on any atom is -0.492 e. The molecule has 4 nitrogen and oxygen atoms in total. The summed E-state index contributed by atoms with van der Waals surface area (Å²) in [7, 11) is -1.95. The van der Waals surface area contributed by atoms with Crippen LogP contribution in [0.5, 0.6) is 5.75 Å². The molecule has 0 aliphatic carbocycles. The van der Waals surface area contributed by atoms with Gasteiger partial charge in [0.2, 0.25) is 0 Å². The van der Waals surface area contributed by atoms with Gasteiger partial charge in [-0.2, -0.15) is 0 Å². The van der Waals surface area contributed by atoms with Gasteiger partial charge in [-0.3, -0.25) is 0 Å². The van der Waals surface area contributed by atoms with Crippen molar-refractivity contribution in [2.24, 2.45) is 0 Å². The molecule has 3 atom stereocenters. The van der Waals surface area contributed by atoms with E-state index in [9.17, 15) is 0 Å². The van der Waals surface area contributed by atoms with E-state index in [1.54, 1.807) is 0 Å². The lowest BCUT2D eigenvalue weighted by atomic mass is 10.1. The summed E-state index contributed by atoms with van der Waals surface area (Å²) in [5, 5.41) is 8.59. The summed E-state index contributed by atoms with van der Waals surface area (Å²) in [5.74, 6) is 1.98. The normalized spacial score (nSPS) is 18.6. The third kappa shape index (κ3) is 8.28. The zero-order chi connectivity index (χ0) is 24.8. The second kappa shape index (κ2) is 12.3. The number of nitrogens with one attached hydrogen (secondary N) is 2. The molecule has 0 spiro atoms. The predicted molar refractivity (Wildman–Crippen MR) is 150 cm³/mol. The van der Waals surface area contributed by atoms with Gasteiger partial charge in [-0.05, 0) is 66.9 Å². The minimum absolute atomic E-state index is 0.0516. The van der Waals surface area contributed by atoms with Crippen LogP contribution in [-0.2, 0) is 10.8 Å². The fourth-order valence-corrected chi connectivity index (χ4v) is 6.13. The number of rotatable bonds is 11. The van der Waals surface area contributed by atoms with E-state index < -0.39 is 8.32 Å². The van der Waals surface area contributed by atoms with Crippen LogP contribution in [0.1, 0.15) is 44.9 Å². The standard InChI is InChI=1S/C27H41ClN2O2SSi/c1-20(18-31-24-12-10-21(11-13-24)14-25-16-29-19-33-25)30-17-26(22-8-7-9-23(28)15-22)32-34(5,6)27(2,3)4/h7-13,15,20,25-26,29-30H,14,16-19H2,1-6H3/t20-,25?,26+/m1/s1. The first-order chi connectivity index (χ1) is 16.0. The van der Waals surface area contributed by atoms with Crippen LogP contribution in [0.4, 0.5) is 0 Å². The Labute approximate surface area is 216 Å². The van der Waals surface area contributed by atoms with Crippen molar-refractivity contribution >= 4 is 31.7 Å². The number of halogens is 1. The van der Waals surface area contributed by atoms with Crippen LogP contribution < -0.4 is 15.4 Å². The quantitative estimate of drug-likeness (QED) is 0.324. The lowest BCUT2D eigenvalue weighted by Gasteiger charge is -2.39. The molecule has 1 saturated heterocycles. The summed E-state index contributed by atoms with van der Waals surface area (Å²) < 4.78 is 12.9. The lowest BCUT2D eigenvalue weighted by Crippen LogP contribution is -2.44. The molecule has 0 saturated carbocycles. The van der Waals surface area contributed by atoms with E-state index >= 15 is 0 Å². The maximum absolute atomic E-state index is 6.80. The average molecular weight is 521 g/mol. The molecular formula is C27H41ClN2O2SSi. The van der Waals surface area contributed by atoms with Crippen molar-refractivity contribution in [2.75, 3.05) is 25.6 Å². The van der Waals surface area contributed by atoms with Gasteiger partial charge in [0.25, 0.3) is 0 Å². The number of ether oxygens (including phenoxy) is 1. The van der Waals surface area contributed by atoms with Crippen LogP contribution in [0.15, 0.2) is 48.5 Å². The van der Waals surface area contributed by atoms with Crippen molar-refractivity contribution in [3.63, 3.8) is 0 Å². The summed E-state index contributed by atoms with van der Waals surface area (Å²) in [5.41, 5.74) is 2.48. The molecule has 2 N–H and O–H groups in total. The molecule has 1 aliphatic rings. The van der Waals surface area contributed by atoms with Crippen molar-refractivity contribution in [1.82, 2.24) is 10.6 Å². The van der Waals surface area contributed by atoms with Gasteiger partial charge in [0.05, 0.1) is 6.10 Å². The fourth-order valence-electron chi connectivity index (χ4n) is 3.63. The summed E-state index contributed by atoms with van der Waals surface area (Å²) >= 11 is 8.30. The van der Waals surface area contributed by atoms with E-state index in [0.717, 1.165) is 35.2 Å². The van der Waals surface area contributed by atoms with Crippen molar-refractivity contribution in [3.05, 3.63) is 64.7 Å². The number of benzene rings is 2. The van der Waals surface area contributed by atoms with Gasteiger partial charge in [0.15, 0.2) is 8.32 Å². The van der Waals surface area contributed by atoms with Crippen molar-refractivity contribution in [2.45, 2.75) is 69.6 Å². The Morgan fingerprint density at radius 1 is 1.18 bits per heavy atom. The first-order valence-electron chi connectivity index (χ1n) is 12.2. The zero-order valence-electron chi connectivity index (χ0n) is 21.5. The van der Waals surface area contributed by atoms with Gasteiger partial charge in [0.1, 0.15) is 12.4 Å². The third-order valence-electron chi connectivity index (χ3n) is 6.80. The molecule has 3 rings (SSSR count). The highest BCUT2D eigenvalue weighted by Gasteiger charge is 2.39. The Morgan fingerprint density at radius 3 is 2.53 bits per heavy atom. The highest BCUT2D eigenvalue weighted by atomic mass is 35.5. The minimum atomic E-state index is -1.95. The van der Waals surface area contributed by atoms with E-state index in [0.29, 0.717) is 18.4 Å². The van der Waals surface area contributed by atoms with Crippen LogP contribution in [0, 0.1) is 0 Å². The molecule has 0 aromatic heterocycles. The largest absolute Gasteiger partial charge is 0.492 e. The Balaban J connectivity index is 1.53. The van der Waals surface area contributed by atoms with Gasteiger partial charge >= 0.3 is 0 Å². The molecule has 0 bridgehead atoms. The van der Waals surface area contributed by atoms with Crippen molar-refractivity contribution in [3.8, 4) is 5.75 Å². The number of hydrogen-bond acceptors (Lipinski definition) is 5. The third-order valence-corrected chi connectivity index (χ3v) is 12.7. The number of hydrogen-bond donors (Lipinski definition) is 2. The maximum atomic E-state index is 6.80. The molecule has 188 valence electrons. The number of thioether (sulfide) groups is 1. The Bertz CT molecular complexity index is 898. The topological polar surface area (TPSA) is 42.5 Å². The molecule has 1 fully saturated rings. The van der Waals surface area contributed by atoms with Gasteiger partial charge in [-0.25, -0.2) is 0 Å². The molecule has 0 amide bonds. The van der Waals surface area contributed by atoms with Crippen molar-refractivity contribution in [1.29, 1.82) is 0 Å². The van der Waals surface area contributed by atoms with Crippen LogP contribution in [-0.4, -0.2) is 45.2 Å². The average Bonchev–Trinajstić information content (AvgIpc) is 3.28.